The fourth-order valence-electron chi connectivity index (χ4n) is 0.995. The van der Waals surface area contributed by atoms with Crippen molar-refractivity contribution >= 4 is 11.9 Å². The summed E-state index contributed by atoms with van der Waals surface area (Å²) < 4.78 is 2.30. The molecule has 0 aliphatic rings. The van der Waals surface area contributed by atoms with Crippen molar-refractivity contribution in [3.05, 3.63) is 30.3 Å². The molecular weight excluding hydrogens is 178 g/mol. The zero-order valence-electron chi connectivity index (χ0n) is 8.53. The SMILES string of the molecule is CCC(C)N(C)Sc1ccccc1. The zero-order valence-corrected chi connectivity index (χ0v) is 9.34. The van der Waals surface area contributed by atoms with Crippen molar-refractivity contribution < 1.29 is 0 Å². The van der Waals surface area contributed by atoms with E-state index < -0.39 is 0 Å². The molecule has 1 rings (SSSR count). The van der Waals surface area contributed by atoms with Crippen molar-refractivity contribution in [2.75, 3.05) is 7.05 Å². The molecule has 0 radical (unpaired) electrons. The van der Waals surface area contributed by atoms with Crippen molar-refractivity contribution in [3.63, 3.8) is 0 Å². The summed E-state index contributed by atoms with van der Waals surface area (Å²) in [7, 11) is 2.14. The van der Waals surface area contributed by atoms with E-state index in [1.807, 2.05) is 18.0 Å². The topological polar surface area (TPSA) is 3.24 Å². The molecule has 72 valence electrons. The number of hydrogen-bond acceptors (Lipinski definition) is 2. The lowest BCUT2D eigenvalue weighted by Crippen LogP contribution is -2.20. The molecule has 1 aromatic rings. The van der Waals surface area contributed by atoms with E-state index in [1.165, 1.54) is 11.3 Å². The minimum atomic E-state index is 0.630. The maximum atomic E-state index is 2.30. The summed E-state index contributed by atoms with van der Waals surface area (Å²) in [6.07, 6.45) is 1.19. The Morgan fingerprint density at radius 3 is 2.46 bits per heavy atom. The van der Waals surface area contributed by atoms with Crippen LogP contribution in [0.25, 0.3) is 0 Å². The molecule has 1 unspecified atom stereocenters. The van der Waals surface area contributed by atoms with Crippen molar-refractivity contribution in [2.45, 2.75) is 31.2 Å². The Morgan fingerprint density at radius 1 is 1.31 bits per heavy atom. The summed E-state index contributed by atoms with van der Waals surface area (Å²) in [4.78, 5) is 1.31. The van der Waals surface area contributed by atoms with Crippen LogP contribution in [0.3, 0.4) is 0 Å². The Kier molecular flexibility index (Phi) is 4.33. The molecule has 0 aliphatic carbocycles. The summed E-state index contributed by atoms with van der Waals surface area (Å²) in [5.41, 5.74) is 0. The molecule has 0 heterocycles. The van der Waals surface area contributed by atoms with E-state index >= 15 is 0 Å². The minimum absolute atomic E-state index is 0.630. The van der Waals surface area contributed by atoms with E-state index in [4.69, 9.17) is 0 Å². The normalized spacial score (nSPS) is 13.2. The highest BCUT2D eigenvalue weighted by Crippen LogP contribution is 2.23. The van der Waals surface area contributed by atoms with Gasteiger partial charge in [0.05, 0.1) is 0 Å². The van der Waals surface area contributed by atoms with E-state index in [0.29, 0.717) is 6.04 Å². The van der Waals surface area contributed by atoms with Crippen LogP contribution < -0.4 is 0 Å². The summed E-state index contributed by atoms with van der Waals surface area (Å²) in [6.45, 7) is 4.46. The maximum Gasteiger partial charge on any atom is 0.0230 e. The minimum Gasteiger partial charge on any atom is -0.247 e. The molecule has 0 spiro atoms. The Morgan fingerprint density at radius 2 is 1.92 bits per heavy atom. The smallest absolute Gasteiger partial charge is 0.0230 e. The second-order valence-corrected chi connectivity index (χ2v) is 4.44. The first-order valence-electron chi connectivity index (χ1n) is 4.70. The number of rotatable bonds is 4. The summed E-state index contributed by atoms with van der Waals surface area (Å²) >= 11 is 1.81. The van der Waals surface area contributed by atoms with Crippen LogP contribution in [0.5, 0.6) is 0 Å². The molecule has 0 saturated carbocycles. The van der Waals surface area contributed by atoms with Crippen LogP contribution in [0.4, 0.5) is 0 Å². The molecule has 0 bridgehead atoms. The van der Waals surface area contributed by atoms with E-state index in [-0.39, 0.29) is 0 Å². The molecule has 0 amide bonds. The molecule has 13 heavy (non-hydrogen) atoms. The second-order valence-electron chi connectivity index (χ2n) is 3.21. The van der Waals surface area contributed by atoms with Crippen LogP contribution in [0, 0.1) is 0 Å². The first-order valence-corrected chi connectivity index (χ1v) is 5.47. The molecule has 1 nitrogen and oxygen atoms in total. The lowest BCUT2D eigenvalue weighted by molar-refractivity contribution is 0.425. The van der Waals surface area contributed by atoms with Crippen molar-refractivity contribution in [3.8, 4) is 0 Å². The summed E-state index contributed by atoms with van der Waals surface area (Å²) in [6, 6.07) is 11.1. The maximum absolute atomic E-state index is 2.30. The molecule has 0 saturated heterocycles. The number of hydrogen-bond donors (Lipinski definition) is 0. The molecule has 0 aromatic heterocycles. The van der Waals surface area contributed by atoms with Gasteiger partial charge in [-0.1, -0.05) is 25.1 Å². The average Bonchev–Trinajstić information content (AvgIpc) is 2.18. The van der Waals surface area contributed by atoms with Gasteiger partial charge in [0.25, 0.3) is 0 Å². The van der Waals surface area contributed by atoms with Crippen LogP contribution in [0.15, 0.2) is 35.2 Å². The van der Waals surface area contributed by atoms with Crippen molar-refractivity contribution in [1.82, 2.24) is 4.31 Å². The monoisotopic (exact) mass is 195 g/mol. The van der Waals surface area contributed by atoms with Gasteiger partial charge >= 0.3 is 0 Å². The lowest BCUT2D eigenvalue weighted by atomic mass is 10.3. The predicted octanol–water partition coefficient (Wildman–Crippen LogP) is 3.42. The van der Waals surface area contributed by atoms with Crippen molar-refractivity contribution in [1.29, 1.82) is 0 Å². The molecule has 1 aromatic carbocycles. The van der Waals surface area contributed by atoms with Crippen LogP contribution in [-0.4, -0.2) is 17.4 Å². The first kappa shape index (κ1) is 10.6. The Hall–Kier alpha value is -0.470. The van der Waals surface area contributed by atoms with Gasteiger partial charge in [-0.3, -0.25) is 0 Å². The highest BCUT2D eigenvalue weighted by Gasteiger charge is 2.07. The average molecular weight is 195 g/mol. The van der Waals surface area contributed by atoms with E-state index in [1.54, 1.807) is 0 Å². The highest BCUT2D eigenvalue weighted by atomic mass is 32.2. The molecule has 0 fully saturated rings. The van der Waals surface area contributed by atoms with Crippen LogP contribution in [0.1, 0.15) is 20.3 Å². The van der Waals surface area contributed by atoms with E-state index in [0.717, 1.165) is 0 Å². The van der Waals surface area contributed by atoms with Gasteiger partial charge in [0.1, 0.15) is 0 Å². The molecule has 2 heteroatoms. The largest absolute Gasteiger partial charge is 0.247 e. The Labute approximate surface area is 85.3 Å². The molecule has 0 aliphatic heterocycles. The third kappa shape index (κ3) is 3.41. The molecule has 1 atom stereocenters. The third-order valence-corrected chi connectivity index (χ3v) is 3.34. The van der Waals surface area contributed by atoms with Gasteiger partial charge in [0.2, 0.25) is 0 Å². The van der Waals surface area contributed by atoms with E-state index in [2.05, 4.69) is 49.5 Å². The van der Waals surface area contributed by atoms with Crippen LogP contribution >= 0.6 is 11.9 Å². The van der Waals surface area contributed by atoms with Gasteiger partial charge < -0.3 is 0 Å². The van der Waals surface area contributed by atoms with Crippen LogP contribution in [-0.2, 0) is 0 Å². The fraction of sp³-hybridized carbons (Fsp3) is 0.455. The quantitative estimate of drug-likeness (QED) is 0.677. The van der Waals surface area contributed by atoms with Gasteiger partial charge in [-0.05, 0) is 44.5 Å². The molecule has 0 N–H and O–H groups in total. The summed E-state index contributed by atoms with van der Waals surface area (Å²) in [5.74, 6) is 0. The highest BCUT2D eigenvalue weighted by molar-refractivity contribution is 7.97. The Balaban J connectivity index is 2.50. The third-order valence-electron chi connectivity index (χ3n) is 2.20. The number of nitrogens with zero attached hydrogens (tertiary/aromatic N) is 1. The fourth-order valence-corrected chi connectivity index (χ4v) is 1.94. The second kappa shape index (κ2) is 5.30. The van der Waals surface area contributed by atoms with E-state index in [9.17, 15) is 0 Å². The van der Waals surface area contributed by atoms with Gasteiger partial charge in [-0.15, -0.1) is 0 Å². The van der Waals surface area contributed by atoms with Gasteiger partial charge in [0, 0.05) is 10.9 Å². The van der Waals surface area contributed by atoms with Gasteiger partial charge in [0.15, 0.2) is 0 Å². The standard InChI is InChI=1S/C11H17NS/c1-4-10(2)12(3)13-11-8-6-5-7-9-11/h5-10H,4H2,1-3H3. The van der Waals surface area contributed by atoms with Gasteiger partial charge in [-0.2, -0.15) is 0 Å². The van der Waals surface area contributed by atoms with Crippen molar-refractivity contribution in [2.24, 2.45) is 0 Å². The Bertz CT molecular complexity index is 235. The summed E-state index contributed by atoms with van der Waals surface area (Å²) in [5, 5.41) is 0. The number of benzene rings is 1. The van der Waals surface area contributed by atoms with Crippen LogP contribution in [0.2, 0.25) is 0 Å². The predicted molar refractivity (Wildman–Crippen MR) is 59.8 cm³/mol. The molecular formula is C11H17NS. The first-order chi connectivity index (χ1) is 6.24. The lowest BCUT2D eigenvalue weighted by Gasteiger charge is -2.21. The van der Waals surface area contributed by atoms with Gasteiger partial charge in [-0.25, -0.2) is 4.31 Å². The zero-order chi connectivity index (χ0) is 9.68.